The van der Waals surface area contributed by atoms with Crippen LogP contribution in [0.5, 0.6) is 0 Å². The van der Waals surface area contributed by atoms with Crippen LogP contribution in [0.25, 0.3) is 0 Å². The molecule has 25 heavy (non-hydrogen) atoms. The smallest absolute Gasteiger partial charge is 0.276 e. The summed E-state index contributed by atoms with van der Waals surface area (Å²) >= 11 is 0. The second kappa shape index (κ2) is 6.30. The molecule has 9 heteroatoms. The first kappa shape index (κ1) is 15.8. The van der Waals surface area contributed by atoms with Crippen LogP contribution in [0, 0.1) is 0 Å². The fourth-order valence-corrected chi connectivity index (χ4v) is 3.40. The van der Waals surface area contributed by atoms with Crippen molar-refractivity contribution in [1.82, 2.24) is 34.6 Å². The SMILES string of the molecule is Cn1cc(C(=O)N2CCN(C(=O)c3cc4n(n3)CCCC4)CC2)nn1. The number of piperazine rings is 1. The van der Waals surface area contributed by atoms with Gasteiger partial charge in [0, 0.05) is 45.5 Å². The van der Waals surface area contributed by atoms with E-state index in [1.54, 1.807) is 23.0 Å². The molecule has 0 radical (unpaired) electrons. The van der Waals surface area contributed by atoms with Gasteiger partial charge in [-0.25, -0.2) is 0 Å². The van der Waals surface area contributed by atoms with E-state index in [1.807, 2.05) is 10.7 Å². The van der Waals surface area contributed by atoms with Gasteiger partial charge in [-0.15, -0.1) is 5.10 Å². The fourth-order valence-electron chi connectivity index (χ4n) is 3.40. The Labute approximate surface area is 145 Å². The van der Waals surface area contributed by atoms with E-state index in [4.69, 9.17) is 0 Å². The Balaban J connectivity index is 1.39. The number of aromatic nitrogens is 5. The van der Waals surface area contributed by atoms with Crippen LogP contribution in [-0.2, 0) is 20.0 Å². The predicted molar refractivity (Wildman–Crippen MR) is 88.0 cm³/mol. The van der Waals surface area contributed by atoms with E-state index in [1.165, 1.54) is 4.68 Å². The molecule has 0 N–H and O–H groups in total. The molecule has 0 saturated carbocycles. The number of fused-ring (bicyclic) bond motifs is 1. The third-order valence-corrected chi connectivity index (χ3v) is 4.81. The maximum Gasteiger partial charge on any atom is 0.276 e. The number of nitrogens with zero attached hydrogens (tertiary/aromatic N) is 7. The molecule has 0 atom stereocenters. The average Bonchev–Trinajstić information content (AvgIpc) is 3.26. The van der Waals surface area contributed by atoms with E-state index in [0.29, 0.717) is 37.6 Å². The third kappa shape index (κ3) is 3.01. The van der Waals surface area contributed by atoms with Gasteiger partial charge in [-0.3, -0.25) is 19.0 Å². The Morgan fingerprint density at radius 2 is 1.64 bits per heavy atom. The fraction of sp³-hybridized carbons (Fsp3) is 0.562. The van der Waals surface area contributed by atoms with Crippen molar-refractivity contribution in [2.75, 3.05) is 26.2 Å². The second-order valence-corrected chi connectivity index (χ2v) is 6.56. The largest absolute Gasteiger partial charge is 0.334 e. The molecule has 2 aromatic heterocycles. The molecule has 132 valence electrons. The number of carbonyl (C=O) groups excluding carboxylic acids is 2. The van der Waals surface area contributed by atoms with Crippen molar-refractivity contribution in [2.24, 2.45) is 7.05 Å². The van der Waals surface area contributed by atoms with E-state index >= 15 is 0 Å². The van der Waals surface area contributed by atoms with Crippen LogP contribution in [0.15, 0.2) is 12.3 Å². The van der Waals surface area contributed by atoms with Crippen molar-refractivity contribution in [2.45, 2.75) is 25.8 Å². The molecule has 2 aromatic rings. The summed E-state index contributed by atoms with van der Waals surface area (Å²) in [5.41, 5.74) is 2.00. The number of hydrogen-bond acceptors (Lipinski definition) is 5. The molecule has 9 nitrogen and oxygen atoms in total. The van der Waals surface area contributed by atoms with Gasteiger partial charge in [-0.2, -0.15) is 5.10 Å². The Morgan fingerprint density at radius 1 is 0.960 bits per heavy atom. The van der Waals surface area contributed by atoms with Gasteiger partial charge >= 0.3 is 0 Å². The molecule has 4 heterocycles. The van der Waals surface area contributed by atoms with Gasteiger partial charge in [0.2, 0.25) is 0 Å². The first-order chi connectivity index (χ1) is 12.1. The van der Waals surface area contributed by atoms with Crippen molar-refractivity contribution in [3.63, 3.8) is 0 Å². The van der Waals surface area contributed by atoms with Crippen molar-refractivity contribution in [1.29, 1.82) is 0 Å². The quantitative estimate of drug-likeness (QED) is 0.762. The zero-order chi connectivity index (χ0) is 17.4. The summed E-state index contributed by atoms with van der Waals surface area (Å²) in [4.78, 5) is 28.6. The highest BCUT2D eigenvalue weighted by Crippen LogP contribution is 2.17. The van der Waals surface area contributed by atoms with E-state index in [0.717, 1.165) is 31.5 Å². The second-order valence-electron chi connectivity index (χ2n) is 6.56. The van der Waals surface area contributed by atoms with Crippen molar-refractivity contribution in [3.05, 3.63) is 29.3 Å². The highest BCUT2D eigenvalue weighted by Gasteiger charge is 2.28. The lowest BCUT2D eigenvalue weighted by Crippen LogP contribution is -2.50. The number of hydrogen-bond donors (Lipinski definition) is 0. The highest BCUT2D eigenvalue weighted by atomic mass is 16.2. The Kier molecular flexibility index (Phi) is 3.98. The first-order valence-corrected chi connectivity index (χ1v) is 8.63. The monoisotopic (exact) mass is 343 g/mol. The van der Waals surface area contributed by atoms with Crippen LogP contribution < -0.4 is 0 Å². The van der Waals surface area contributed by atoms with Gasteiger partial charge in [-0.1, -0.05) is 5.21 Å². The van der Waals surface area contributed by atoms with Crippen molar-refractivity contribution < 1.29 is 9.59 Å². The maximum atomic E-state index is 12.7. The molecule has 1 fully saturated rings. The van der Waals surface area contributed by atoms with Gasteiger partial charge < -0.3 is 9.80 Å². The van der Waals surface area contributed by atoms with E-state index in [-0.39, 0.29) is 11.8 Å². The number of carbonyl (C=O) groups is 2. The van der Waals surface area contributed by atoms with E-state index < -0.39 is 0 Å². The number of rotatable bonds is 2. The number of amides is 2. The summed E-state index contributed by atoms with van der Waals surface area (Å²) in [6.45, 7) is 2.90. The molecule has 2 aliphatic rings. The minimum atomic E-state index is -0.141. The summed E-state index contributed by atoms with van der Waals surface area (Å²) < 4.78 is 3.46. The molecule has 0 bridgehead atoms. The molecule has 2 amide bonds. The summed E-state index contributed by atoms with van der Waals surface area (Å²) in [6.07, 6.45) is 4.87. The van der Waals surface area contributed by atoms with E-state index in [2.05, 4.69) is 15.4 Å². The summed E-state index contributed by atoms with van der Waals surface area (Å²) in [6, 6.07) is 1.92. The summed E-state index contributed by atoms with van der Waals surface area (Å²) in [5.74, 6) is -0.189. The minimum absolute atomic E-state index is 0.0477. The van der Waals surface area contributed by atoms with Crippen LogP contribution in [0.2, 0.25) is 0 Å². The van der Waals surface area contributed by atoms with Crippen LogP contribution >= 0.6 is 0 Å². The van der Waals surface area contributed by atoms with Crippen LogP contribution in [0.3, 0.4) is 0 Å². The molecule has 0 aliphatic carbocycles. The van der Waals surface area contributed by atoms with Crippen LogP contribution in [0.1, 0.15) is 39.5 Å². The van der Waals surface area contributed by atoms with Gasteiger partial charge in [0.25, 0.3) is 11.8 Å². The lowest BCUT2D eigenvalue weighted by Gasteiger charge is -2.34. The predicted octanol–water partition coefficient (Wildman–Crippen LogP) is -0.0539. The summed E-state index contributed by atoms with van der Waals surface area (Å²) in [7, 11) is 1.73. The molecule has 2 aliphatic heterocycles. The number of aryl methyl sites for hydroxylation is 3. The molecule has 0 spiro atoms. The highest BCUT2D eigenvalue weighted by molar-refractivity contribution is 5.94. The van der Waals surface area contributed by atoms with Crippen molar-refractivity contribution >= 4 is 11.8 Å². The van der Waals surface area contributed by atoms with Crippen LogP contribution in [0.4, 0.5) is 0 Å². The van der Waals surface area contributed by atoms with Gasteiger partial charge in [0.05, 0.1) is 6.20 Å². The van der Waals surface area contributed by atoms with Gasteiger partial charge in [0.15, 0.2) is 11.4 Å². The van der Waals surface area contributed by atoms with Crippen LogP contribution in [-0.4, -0.2) is 72.6 Å². The lowest BCUT2D eigenvalue weighted by atomic mass is 10.1. The first-order valence-electron chi connectivity index (χ1n) is 8.63. The average molecular weight is 343 g/mol. The maximum absolute atomic E-state index is 12.7. The minimum Gasteiger partial charge on any atom is -0.334 e. The Hall–Kier alpha value is -2.71. The van der Waals surface area contributed by atoms with Gasteiger partial charge in [-0.05, 0) is 25.3 Å². The standard InChI is InChI=1S/C16H21N7O2/c1-20-11-14(17-19-20)16(25)22-8-6-21(7-9-22)15(24)13-10-12-4-2-3-5-23(12)18-13/h10-11H,2-9H2,1H3. The molecular formula is C16H21N7O2. The molecule has 0 aromatic carbocycles. The molecule has 4 rings (SSSR count). The van der Waals surface area contributed by atoms with Crippen molar-refractivity contribution in [3.8, 4) is 0 Å². The zero-order valence-electron chi connectivity index (χ0n) is 14.3. The van der Waals surface area contributed by atoms with Gasteiger partial charge in [0.1, 0.15) is 0 Å². The normalized spacial score (nSPS) is 17.5. The zero-order valence-corrected chi connectivity index (χ0v) is 14.3. The molecule has 0 unspecified atom stereocenters. The van der Waals surface area contributed by atoms with E-state index in [9.17, 15) is 9.59 Å². The molecular weight excluding hydrogens is 322 g/mol. The molecule has 1 saturated heterocycles. The topological polar surface area (TPSA) is 89.2 Å². The Bertz CT molecular complexity index is 778. The Morgan fingerprint density at radius 3 is 2.24 bits per heavy atom. The summed E-state index contributed by atoms with van der Waals surface area (Å²) in [5, 5.41) is 12.1. The third-order valence-electron chi connectivity index (χ3n) is 4.81. The lowest BCUT2D eigenvalue weighted by molar-refractivity contribution is 0.0528.